The third kappa shape index (κ3) is 5.71. The highest BCUT2D eigenvalue weighted by atomic mass is 16.3. The van der Waals surface area contributed by atoms with Gasteiger partial charge in [-0.3, -0.25) is 9.59 Å². The van der Waals surface area contributed by atoms with Crippen LogP contribution in [0.3, 0.4) is 0 Å². The Labute approximate surface area is 137 Å². The number of furan rings is 1. The Balaban J connectivity index is 1.59. The number of hydrogen-bond acceptors (Lipinski definition) is 4. The summed E-state index contributed by atoms with van der Waals surface area (Å²) in [5.74, 6) is 0.888. The average Bonchev–Trinajstić information content (AvgIpc) is 3.05. The molecule has 0 radical (unpaired) electrons. The van der Waals surface area contributed by atoms with Gasteiger partial charge in [0.15, 0.2) is 5.76 Å². The summed E-state index contributed by atoms with van der Waals surface area (Å²) in [6, 6.07) is 3.28. The maximum atomic E-state index is 12.1. The molecule has 2 heterocycles. The summed E-state index contributed by atoms with van der Waals surface area (Å²) in [5, 5.41) is 5.62. The van der Waals surface area contributed by atoms with E-state index in [1.165, 1.54) is 6.26 Å². The fourth-order valence-electron chi connectivity index (χ4n) is 2.90. The van der Waals surface area contributed by atoms with Gasteiger partial charge in [-0.25, -0.2) is 0 Å². The molecular formula is C17H27N3O3. The Bertz CT molecular complexity index is 491. The number of carbonyl (C=O) groups is 2. The Morgan fingerprint density at radius 2 is 1.96 bits per heavy atom. The van der Waals surface area contributed by atoms with Gasteiger partial charge in [0.2, 0.25) is 5.91 Å². The molecule has 0 saturated carbocycles. The van der Waals surface area contributed by atoms with E-state index in [1.54, 1.807) is 12.1 Å². The molecule has 0 bridgehead atoms. The van der Waals surface area contributed by atoms with Crippen LogP contribution >= 0.6 is 0 Å². The second-order valence-corrected chi connectivity index (χ2v) is 6.49. The van der Waals surface area contributed by atoms with Crippen LogP contribution in [0.5, 0.6) is 0 Å². The largest absolute Gasteiger partial charge is 0.459 e. The molecule has 1 saturated heterocycles. The zero-order chi connectivity index (χ0) is 16.7. The van der Waals surface area contributed by atoms with E-state index in [-0.39, 0.29) is 23.5 Å². The van der Waals surface area contributed by atoms with Crippen LogP contribution in [0.1, 0.15) is 37.2 Å². The highest BCUT2D eigenvalue weighted by Gasteiger charge is 2.24. The van der Waals surface area contributed by atoms with Crippen LogP contribution in [0, 0.1) is 11.8 Å². The minimum absolute atomic E-state index is 0.0965. The van der Waals surface area contributed by atoms with Crippen LogP contribution in [-0.2, 0) is 4.79 Å². The van der Waals surface area contributed by atoms with Crippen molar-refractivity contribution < 1.29 is 14.0 Å². The molecule has 1 aromatic heterocycles. The number of piperidine rings is 1. The van der Waals surface area contributed by atoms with Gasteiger partial charge in [0.1, 0.15) is 0 Å². The minimum atomic E-state index is -0.258. The third-order valence-corrected chi connectivity index (χ3v) is 4.04. The van der Waals surface area contributed by atoms with Gasteiger partial charge in [-0.05, 0) is 44.0 Å². The lowest BCUT2D eigenvalue weighted by Gasteiger charge is -2.32. The molecule has 2 N–H and O–H groups in total. The van der Waals surface area contributed by atoms with Gasteiger partial charge in [-0.2, -0.15) is 0 Å². The molecule has 0 unspecified atom stereocenters. The van der Waals surface area contributed by atoms with Crippen molar-refractivity contribution in [3.8, 4) is 0 Å². The van der Waals surface area contributed by atoms with E-state index in [1.807, 2.05) is 0 Å². The molecule has 1 aliphatic rings. The molecular weight excluding hydrogens is 294 g/mol. The topological polar surface area (TPSA) is 74.6 Å². The minimum Gasteiger partial charge on any atom is -0.459 e. The summed E-state index contributed by atoms with van der Waals surface area (Å²) in [5.41, 5.74) is 0. The summed E-state index contributed by atoms with van der Waals surface area (Å²) < 4.78 is 5.00. The molecule has 0 aromatic carbocycles. The van der Waals surface area contributed by atoms with Crippen molar-refractivity contribution in [3.05, 3.63) is 24.2 Å². The predicted molar refractivity (Wildman–Crippen MR) is 88.1 cm³/mol. The summed E-state index contributed by atoms with van der Waals surface area (Å²) in [6.07, 6.45) is 3.29. The molecule has 1 aliphatic heterocycles. The van der Waals surface area contributed by atoms with E-state index in [2.05, 4.69) is 29.4 Å². The normalized spacial score (nSPS) is 16.5. The molecule has 6 nitrogen and oxygen atoms in total. The Kier molecular flexibility index (Phi) is 6.65. The smallest absolute Gasteiger partial charge is 0.287 e. The number of hydrogen-bond donors (Lipinski definition) is 2. The number of amides is 2. The van der Waals surface area contributed by atoms with Gasteiger partial charge in [-0.15, -0.1) is 0 Å². The summed E-state index contributed by atoms with van der Waals surface area (Å²) in [4.78, 5) is 26.2. The van der Waals surface area contributed by atoms with Gasteiger partial charge >= 0.3 is 0 Å². The Morgan fingerprint density at radius 1 is 1.26 bits per heavy atom. The van der Waals surface area contributed by atoms with Crippen LogP contribution in [-0.4, -0.2) is 49.4 Å². The van der Waals surface area contributed by atoms with Crippen molar-refractivity contribution in [1.82, 2.24) is 15.5 Å². The van der Waals surface area contributed by atoms with Crippen molar-refractivity contribution in [2.45, 2.75) is 26.7 Å². The average molecular weight is 321 g/mol. The standard InChI is InChI=1S/C17H27N3O3/c1-13(2)12-20-9-5-14(6-10-20)16(21)18-7-8-19-17(22)15-4-3-11-23-15/h3-4,11,13-14H,5-10,12H2,1-2H3,(H,18,21)(H,19,22). The van der Waals surface area contributed by atoms with E-state index >= 15 is 0 Å². The maximum absolute atomic E-state index is 12.1. The molecule has 0 atom stereocenters. The number of nitrogens with one attached hydrogen (secondary N) is 2. The summed E-state index contributed by atoms with van der Waals surface area (Å²) in [6.45, 7) is 8.37. The van der Waals surface area contributed by atoms with Gasteiger partial charge in [-0.1, -0.05) is 13.8 Å². The number of rotatable bonds is 7. The van der Waals surface area contributed by atoms with Crippen molar-refractivity contribution in [3.63, 3.8) is 0 Å². The monoisotopic (exact) mass is 321 g/mol. The fourth-order valence-corrected chi connectivity index (χ4v) is 2.90. The van der Waals surface area contributed by atoms with Gasteiger partial charge in [0.25, 0.3) is 5.91 Å². The lowest BCUT2D eigenvalue weighted by molar-refractivity contribution is -0.126. The second kappa shape index (κ2) is 8.72. The zero-order valence-corrected chi connectivity index (χ0v) is 14.0. The van der Waals surface area contributed by atoms with Crippen LogP contribution in [0.4, 0.5) is 0 Å². The molecule has 2 amide bonds. The Hall–Kier alpha value is -1.82. The van der Waals surface area contributed by atoms with E-state index in [0.29, 0.717) is 19.0 Å². The van der Waals surface area contributed by atoms with Crippen molar-refractivity contribution in [2.75, 3.05) is 32.7 Å². The molecule has 0 aliphatic carbocycles. The third-order valence-electron chi connectivity index (χ3n) is 4.04. The first-order chi connectivity index (χ1) is 11.1. The first-order valence-electron chi connectivity index (χ1n) is 8.38. The van der Waals surface area contributed by atoms with Crippen LogP contribution in [0.25, 0.3) is 0 Å². The number of nitrogens with zero attached hydrogens (tertiary/aromatic N) is 1. The number of carbonyl (C=O) groups excluding carboxylic acids is 2. The molecule has 23 heavy (non-hydrogen) atoms. The van der Waals surface area contributed by atoms with E-state index in [9.17, 15) is 9.59 Å². The second-order valence-electron chi connectivity index (χ2n) is 6.49. The van der Waals surface area contributed by atoms with Crippen molar-refractivity contribution >= 4 is 11.8 Å². The molecule has 1 fully saturated rings. The zero-order valence-electron chi connectivity index (χ0n) is 14.0. The van der Waals surface area contributed by atoms with Gasteiger partial charge < -0.3 is 20.0 Å². The molecule has 0 spiro atoms. The first kappa shape index (κ1) is 17.5. The summed E-state index contributed by atoms with van der Waals surface area (Å²) >= 11 is 0. The van der Waals surface area contributed by atoms with Gasteiger partial charge in [0.05, 0.1) is 6.26 Å². The summed E-state index contributed by atoms with van der Waals surface area (Å²) in [7, 11) is 0. The highest BCUT2D eigenvalue weighted by Crippen LogP contribution is 2.18. The number of likely N-dealkylation sites (tertiary alicyclic amines) is 1. The van der Waals surface area contributed by atoms with E-state index < -0.39 is 0 Å². The molecule has 2 rings (SSSR count). The van der Waals surface area contributed by atoms with Crippen LogP contribution in [0.2, 0.25) is 0 Å². The first-order valence-corrected chi connectivity index (χ1v) is 8.38. The lowest BCUT2D eigenvalue weighted by atomic mass is 9.95. The maximum Gasteiger partial charge on any atom is 0.287 e. The SMILES string of the molecule is CC(C)CN1CCC(C(=O)NCCNC(=O)c2ccco2)CC1. The van der Waals surface area contributed by atoms with Crippen molar-refractivity contribution in [1.29, 1.82) is 0 Å². The van der Waals surface area contributed by atoms with E-state index in [0.717, 1.165) is 32.5 Å². The van der Waals surface area contributed by atoms with E-state index in [4.69, 9.17) is 4.42 Å². The Morgan fingerprint density at radius 3 is 2.57 bits per heavy atom. The molecule has 6 heteroatoms. The molecule has 1 aromatic rings. The van der Waals surface area contributed by atoms with Crippen molar-refractivity contribution in [2.24, 2.45) is 11.8 Å². The lowest BCUT2D eigenvalue weighted by Crippen LogP contribution is -2.43. The quantitative estimate of drug-likeness (QED) is 0.746. The van der Waals surface area contributed by atoms with Crippen LogP contribution in [0.15, 0.2) is 22.8 Å². The fraction of sp³-hybridized carbons (Fsp3) is 0.647. The predicted octanol–water partition coefficient (Wildman–Crippen LogP) is 1.49. The van der Waals surface area contributed by atoms with Gasteiger partial charge in [0, 0.05) is 25.6 Å². The highest BCUT2D eigenvalue weighted by molar-refractivity contribution is 5.91. The molecule has 128 valence electrons. The van der Waals surface area contributed by atoms with Crippen LogP contribution < -0.4 is 10.6 Å².